The average molecular weight is 568 g/mol. The molecule has 0 atom stereocenters. The van der Waals surface area contributed by atoms with Crippen molar-refractivity contribution >= 4 is 33.5 Å². The van der Waals surface area contributed by atoms with Crippen LogP contribution in [-0.4, -0.2) is 70.8 Å². The normalized spacial score (nSPS) is 16.7. The van der Waals surface area contributed by atoms with E-state index in [4.69, 9.17) is 4.98 Å². The van der Waals surface area contributed by atoms with E-state index in [1.165, 1.54) is 37.9 Å². The SMILES string of the molecule is CCc1c(CC)n(C(=O)NC2CCNCC2)c2ccc(-c3cc(NCCCN4CCCCC4)c4cnccc4n3)cc12. The number of amides is 1. The van der Waals surface area contributed by atoms with Gasteiger partial charge in [-0.25, -0.2) is 9.78 Å². The minimum Gasteiger partial charge on any atom is -0.384 e. The minimum atomic E-state index is -0.0106. The van der Waals surface area contributed by atoms with Gasteiger partial charge in [0.2, 0.25) is 0 Å². The van der Waals surface area contributed by atoms with Crippen LogP contribution in [0, 0.1) is 0 Å². The zero-order valence-electron chi connectivity index (χ0n) is 25.2. The van der Waals surface area contributed by atoms with Gasteiger partial charge in [0.25, 0.3) is 0 Å². The van der Waals surface area contributed by atoms with E-state index >= 15 is 0 Å². The third kappa shape index (κ3) is 6.01. The lowest BCUT2D eigenvalue weighted by Gasteiger charge is -2.26. The Balaban J connectivity index is 1.30. The second-order valence-electron chi connectivity index (χ2n) is 11.8. The lowest BCUT2D eigenvalue weighted by Crippen LogP contribution is -2.44. The highest BCUT2D eigenvalue weighted by Gasteiger charge is 2.23. The number of carbonyl (C=O) groups is 1. The number of carbonyl (C=O) groups excluding carboxylic acids is 1. The molecule has 4 aromatic rings. The third-order valence-corrected chi connectivity index (χ3v) is 9.06. The molecule has 2 saturated heterocycles. The molecule has 2 aliphatic rings. The summed E-state index contributed by atoms with van der Waals surface area (Å²) in [5.41, 5.74) is 7.32. The van der Waals surface area contributed by atoms with Gasteiger partial charge in [0, 0.05) is 52.7 Å². The minimum absolute atomic E-state index is 0.0106. The van der Waals surface area contributed by atoms with E-state index in [1.54, 1.807) is 0 Å². The smallest absolute Gasteiger partial charge is 0.326 e. The van der Waals surface area contributed by atoms with Crippen molar-refractivity contribution < 1.29 is 4.79 Å². The number of benzene rings is 1. The first-order valence-electron chi connectivity index (χ1n) is 16.1. The lowest BCUT2D eigenvalue weighted by atomic mass is 10.0. The molecule has 0 spiro atoms. The number of nitrogens with one attached hydrogen (secondary N) is 3. The van der Waals surface area contributed by atoms with Crippen molar-refractivity contribution in [3.8, 4) is 11.3 Å². The van der Waals surface area contributed by atoms with Gasteiger partial charge in [-0.05, 0) is 107 Å². The first-order valence-corrected chi connectivity index (χ1v) is 16.1. The molecule has 0 saturated carbocycles. The number of nitrogens with zero attached hydrogens (tertiary/aromatic N) is 4. The Bertz CT molecular complexity index is 1530. The zero-order chi connectivity index (χ0) is 28.9. The zero-order valence-corrected chi connectivity index (χ0v) is 25.2. The molecule has 1 aromatic carbocycles. The molecule has 1 amide bonds. The number of hydrogen-bond acceptors (Lipinski definition) is 6. The molecule has 0 unspecified atom stereocenters. The highest BCUT2D eigenvalue weighted by molar-refractivity contribution is 5.98. The van der Waals surface area contributed by atoms with Gasteiger partial charge < -0.3 is 20.9 Å². The predicted molar refractivity (Wildman–Crippen MR) is 172 cm³/mol. The van der Waals surface area contributed by atoms with E-state index < -0.39 is 0 Å². The summed E-state index contributed by atoms with van der Waals surface area (Å²) in [6.07, 6.45) is 12.5. The maximum absolute atomic E-state index is 13.6. The van der Waals surface area contributed by atoms with Crippen LogP contribution < -0.4 is 16.0 Å². The van der Waals surface area contributed by atoms with Crippen LogP contribution in [0.2, 0.25) is 0 Å². The van der Waals surface area contributed by atoms with Crippen LogP contribution in [0.15, 0.2) is 42.7 Å². The number of likely N-dealkylation sites (tertiary alicyclic amines) is 1. The monoisotopic (exact) mass is 567 g/mol. The van der Waals surface area contributed by atoms with E-state index in [1.807, 2.05) is 23.0 Å². The molecule has 222 valence electrons. The second-order valence-corrected chi connectivity index (χ2v) is 11.8. The molecule has 2 fully saturated rings. The maximum atomic E-state index is 13.6. The third-order valence-electron chi connectivity index (χ3n) is 9.06. The van der Waals surface area contributed by atoms with E-state index in [-0.39, 0.29) is 12.1 Å². The molecular formula is C34H45N7O. The van der Waals surface area contributed by atoms with Gasteiger partial charge >= 0.3 is 6.03 Å². The number of pyridine rings is 2. The van der Waals surface area contributed by atoms with Gasteiger partial charge in [-0.1, -0.05) is 26.3 Å². The van der Waals surface area contributed by atoms with Crippen molar-refractivity contribution in [2.24, 2.45) is 0 Å². The summed E-state index contributed by atoms with van der Waals surface area (Å²) in [7, 11) is 0. The van der Waals surface area contributed by atoms with Gasteiger partial charge in [0.1, 0.15) is 0 Å². The summed E-state index contributed by atoms with van der Waals surface area (Å²) in [6.45, 7) is 10.7. The van der Waals surface area contributed by atoms with Crippen LogP contribution >= 0.6 is 0 Å². The summed E-state index contributed by atoms with van der Waals surface area (Å²) in [5.74, 6) is 0. The van der Waals surface area contributed by atoms with Gasteiger partial charge in [0.15, 0.2) is 0 Å². The fraction of sp³-hybridized carbons (Fsp3) is 0.500. The van der Waals surface area contributed by atoms with Crippen molar-refractivity contribution in [3.05, 3.63) is 54.0 Å². The van der Waals surface area contributed by atoms with Crippen molar-refractivity contribution in [3.63, 3.8) is 0 Å². The summed E-state index contributed by atoms with van der Waals surface area (Å²) >= 11 is 0. The molecule has 5 heterocycles. The largest absolute Gasteiger partial charge is 0.384 e. The Labute approximate surface area is 249 Å². The van der Waals surface area contributed by atoms with Crippen molar-refractivity contribution in [1.29, 1.82) is 0 Å². The molecule has 3 aromatic heterocycles. The fourth-order valence-electron chi connectivity index (χ4n) is 6.84. The standard InChI is InChI=1S/C34H45N7O/c1-3-26-27-21-24(9-10-33(27)41(32(26)4-2)34(42)38-25-11-15-35-16-12-25)30-22-31(28-23-36-17-13-29(28)39-30)37-14-8-20-40-18-6-5-7-19-40/h9-10,13,17,21-23,25,35H,3-8,11-12,14-16,18-20H2,1-2H3,(H,37,39)(H,38,42). The summed E-state index contributed by atoms with van der Waals surface area (Å²) in [6, 6.07) is 10.8. The highest BCUT2D eigenvalue weighted by Crippen LogP contribution is 2.33. The van der Waals surface area contributed by atoms with Crippen molar-refractivity contribution in [1.82, 2.24) is 30.1 Å². The first-order chi connectivity index (χ1) is 20.7. The molecule has 42 heavy (non-hydrogen) atoms. The van der Waals surface area contributed by atoms with Gasteiger partial charge in [0.05, 0.1) is 16.7 Å². The number of fused-ring (bicyclic) bond motifs is 2. The number of hydrogen-bond donors (Lipinski definition) is 3. The van der Waals surface area contributed by atoms with E-state index in [0.29, 0.717) is 0 Å². The Morgan fingerprint density at radius 1 is 1.02 bits per heavy atom. The van der Waals surface area contributed by atoms with E-state index in [0.717, 1.165) is 103 Å². The molecule has 0 radical (unpaired) electrons. The summed E-state index contributed by atoms with van der Waals surface area (Å²) in [5, 5.41) is 12.6. The molecule has 6 rings (SSSR count). The summed E-state index contributed by atoms with van der Waals surface area (Å²) in [4.78, 5) is 25.6. The molecule has 3 N–H and O–H groups in total. The van der Waals surface area contributed by atoms with E-state index in [2.05, 4.69) is 63.9 Å². The van der Waals surface area contributed by atoms with Gasteiger partial charge in [-0.15, -0.1) is 0 Å². The van der Waals surface area contributed by atoms with Crippen LogP contribution in [0.5, 0.6) is 0 Å². The van der Waals surface area contributed by atoms with Crippen LogP contribution in [0.1, 0.15) is 63.6 Å². The molecule has 0 bridgehead atoms. The molecule has 8 nitrogen and oxygen atoms in total. The van der Waals surface area contributed by atoms with Crippen molar-refractivity contribution in [2.75, 3.05) is 44.6 Å². The highest BCUT2D eigenvalue weighted by atomic mass is 16.2. The van der Waals surface area contributed by atoms with Crippen LogP contribution in [-0.2, 0) is 12.8 Å². The topological polar surface area (TPSA) is 87.1 Å². The van der Waals surface area contributed by atoms with Gasteiger partial charge in [-0.2, -0.15) is 0 Å². The summed E-state index contributed by atoms with van der Waals surface area (Å²) < 4.78 is 1.93. The predicted octanol–water partition coefficient (Wildman–Crippen LogP) is 5.97. The number of piperidine rings is 2. The van der Waals surface area contributed by atoms with Crippen LogP contribution in [0.25, 0.3) is 33.1 Å². The molecule has 0 aliphatic carbocycles. The Morgan fingerprint density at radius 3 is 2.64 bits per heavy atom. The maximum Gasteiger partial charge on any atom is 0.326 e. The average Bonchev–Trinajstić information content (AvgIpc) is 3.36. The Hall–Kier alpha value is -3.49. The fourth-order valence-corrected chi connectivity index (χ4v) is 6.84. The Kier molecular flexibility index (Phi) is 9.01. The van der Waals surface area contributed by atoms with Gasteiger partial charge in [-0.3, -0.25) is 9.55 Å². The first kappa shape index (κ1) is 28.6. The quantitative estimate of drug-likeness (QED) is 0.216. The number of rotatable bonds is 9. The molecular weight excluding hydrogens is 522 g/mol. The van der Waals surface area contributed by atoms with E-state index in [9.17, 15) is 4.79 Å². The number of aryl methyl sites for hydroxylation is 1. The number of aromatic nitrogens is 3. The number of anilines is 1. The molecule has 8 heteroatoms. The lowest BCUT2D eigenvalue weighted by molar-refractivity contribution is 0.228. The van der Waals surface area contributed by atoms with Crippen LogP contribution in [0.3, 0.4) is 0 Å². The second kappa shape index (κ2) is 13.2. The van der Waals surface area contributed by atoms with Crippen molar-refractivity contribution in [2.45, 2.75) is 71.3 Å². The Morgan fingerprint density at radius 2 is 1.86 bits per heavy atom. The molecule has 2 aliphatic heterocycles. The van der Waals surface area contributed by atoms with Crippen LogP contribution in [0.4, 0.5) is 10.5 Å².